The molecule has 0 spiro atoms. The van der Waals surface area contributed by atoms with Crippen molar-refractivity contribution >= 4 is 0 Å². The summed E-state index contributed by atoms with van der Waals surface area (Å²) in [6.07, 6.45) is 1.88. The molecule has 0 aromatic carbocycles. The minimum absolute atomic E-state index is 0.159. The third kappa shape index (κ3) is 3.60. The van der Waals surface area contributed by atoms with E-state index in [1.807, 2.05) is 0 Å². The van der Waals surface area contributed by atoms with E-state index in [1.165, 1.54) is 0 Å². The van der Waals surface area contributed by atoms with Gasteiger partial charge in [0.1, 0.15) is 0 Å². The number of hydrogen-bond donors (Lipinski definition) is 2. The molecule has 0 aliphatic carbocycles. The Hall–Kier alpha value is -0.160. The first-order chi connectivity index (χ1) is 6.26. The van der Waals surface area contributed by atoms with Crippen molar-refractivity contribution in [1.29, 1.82) is 0 Å². The van der Waals surface area contributed by atoms with Crippen LogP contribution in [0.3, 0.4) is 0 Å². The van der Waals surface area contributed by atoms with Crippen LogP contribution in [-0.2, 0) is 4.74 Å². The number of aliphatic hydroxyl groups is 2. The van der Waals surface area contributed by atoms with Crippen LogP contribution in [0.2, 0.25) is 0 Å². The van der Waals surface area contributed by atoms with Crippen LogP contribution in [0.5, 0.6) is 0 Å². The Bertz CT molecular complexity index is 141. The van der Waals surface area contributed by atoms with Crippen LogP contribution in [0.1, 0.15) is 12.8 Å². The summed E-state index contributed by atoms with van der Waals surface area (Å²) in [6, 6.07) is 0. The Balaban J connectivity index is 2.25. The number of rotatable bonds is 4. The number of ether oxygens (including phenoxy) is 1. The summed E-state index contributed by atoms with van der Waals surface area (Å²) in [4.78, 5) is 2.14. The van der Waals surface area contributed by atoms with Gasteiger partial charge in [-0.15, -0.1) is 0 Å². The zero-order chi connectivity index (χ0) is 9.68. The molecule has 0 aromatic rings. The summed E-state index contributed by atoms with van der Waals surface area (Å²) in [5.41, 5.74) is 0. The van der Waals surface area contributed by atoms with Gasteiger partial charge in [-0.05, 0) is 19.4 Å². The molecule has 1 heterocycles. The highest BCUT2D eigenvalue weighted by molar-refractivity contribution is 4.74. The minimum atomic E-state index is -0.615. The maximum atomic E-state index is 9.24. The fourth-order valence-electron chi connectivity index (χ4n) is 1.73. The molecule has 13 heavy (non-hydrogen) atoms. The molecule has 78 valence electrons. The molecular weight excluding hydrogens is 170 g/mol. The number of aliphatic hydroxyl groups excluding tert-OH is 2. The maximum Gasteiger partial charge on any atom is 0.0897 e. The summed E-state index contributed by atoms with van der Waals surface area (Å²) in [6.45, 7) is 2.26. The van der Waals surface area contributed by atoms with Crippen molar-refractivity contribution in [2.24, 2.45) is 0 Å². The van der Waals surface area contributed by atoms with E-state index in [0.717, 1.165) is 25.9 Å². The van der Waals surface area contributed by atoms with Crippen LogP contribution in [0, 0.1) is 0 Å². The lowest BCUT2D eigenvalue weighted by molar-refractivity contribution is 0.00181. The monoisotopic (exact) mass is 189 g/mol. The first-order valence-electron chi connectivity index (χ1n) is 4.80. The molecule has 1 saturated heterocycles. The molecule has 0 amide bonds. The Morgan fingerprint density at radius 3 is 3.00 bits per heavy atom. The summed E-state index contributed by atoms with van der Waals surface area (Å²) < 4.78 is 5.25. The van der Waals surface area contributed by atoms with Gasteiger partial charge in [-0.1, -0.05) is 0 Å². The highest BCUT2D eigenvalue weighted by atomic mass is 16.5. The van der Waals surface area contributed by atoms with Crippen LogP contribution in [0.4, 0.5) is 0 Å². The third-order valence-electron chi connectivity index (χ3n) is 2.48. The molecule has 0 bridgehead atoms. The molecule has 1 rings (SSSR count). The average Bonchev–Trinajstić information content (AvgIpc) is 2.18. The minimum Gasteiger partial charge on any atom is -0.394 e. The van der Waals surface area contributed by atoms with E-state index in [9.17, 15) is 5.11 Å². The molecule has 2 N–H and O–H groups in total. The second-order valence-electron chi connectivity index (χ2n) is 3.60. The quantitative estimate of drug-likeness (QED) is 0.623. The molecule has 1 aliphatic rings. The van der Waals surface area contributed by atoms with E-state index in [1.54, 1.807) is 7.11 Å². The van der Waals surface area contributed by atoms with Crippen LogP contribution in [0.15, 0.2) is 0 Å². The average molecular weight is 189 g/mol. The van der Waals surface area contributed by atoms with Crippen molar-refractivity contribution < 1.29 is 14.9 Å². The standard InChI is InChI=1S/C9H19NO3/c1-13-9-3-2-4-10(6-9)5-8(12)7-11/h8-9,11-12H,2-7H2,1H3. The molecule has 0 radical (unpaired) electrons. The molecule has 2 atom stereocenters. The molecule has 1 aliphatic heterocycles. The lowest BCUT2D eigenvalue weighted by atomic mass is 10.1. The molecule has 0 saturated carbocycles. The number of methoxy groups -OCH3 is 1. The van der Waals surface area contributed by atoms with Crippen LogP contribution in [0.25, 0.3) is 0 Å². The van der Waals surface area contributed by atoms with Gasteiger partial charge in [-0.2, -0.15) is 0 Å². The Morgan fingerprint density at radius 1 is 1.62 bits per heavy atom. The second kappa shape index (κ2) is 5.54. The first kappa shape index (κ1) is 10.9. The van der Waals surface area contributed by atoms with Crippen molar-refractivity contribution in [2.45, 2.75) is 25.0 Å². The lowest BCUT2D eigenvalue weighted by Gasteiger charge is -2.32. The SMILES string of the molecule is COC1CCCN(CC(O)CO)C1. The van der Waals surface area contributed by atoms with Crippen molar-refractivity contribution in [3.05, 3.63) is 0 Å². The predicted octanol–water partition coefficient (Wildman–Crippen LogP) is -0.550. The maximum absolute atomic E-state index is 9.24. The van der Waals surface area contributed by atoms with E-state index in [2.05, 4.69) is 4.90 Å². The van der Waals surface area contributed by atoms with Gasteiger partial charge in [-0.25, -0.2) is 0 Å². The first-order valence-corrected chi connectivity index (χ1v) is 4.80. The molecule has 1 fully saturated rings. The Labute approximate surface area is 79.1 Å². The van der Waals surface area contributed by atoms with Crippen LogP contribution >= 0.6 is 0 Å². The van der Waals surface area contributed by atoms with E-state index in [4.69, 9.17) is 9.84 Å². The van der Waals surface area contributed by atoms with Crippen LogP contribution < -0.4 is 0 Å². The zero-order valence-corrected chi connectivity index (χ0v) is 8.15. The predicted molar refractivity (Wildman–Crippen MR) is 49.6 cm³/mol. The Morgan fingerprint density at radius 2 is 2.38 bits per heavy atom. The van der Waals surface area contributed by atoms with Gasteiger partial charge in [0, 0.05) is 20.2 Å². The second-order valence-corrected chi connectivity index (χ2v) is 3.60. The van der Waals surface area contributed by atoms with Gasteiger partial charge in [0.05, 0.1) is 18.8 Å². The van der Waals surface area contributed by atoms with E-state index in [-0.39, 0.29) is 6.61 Å². The van der Waals surface area contributed by atoms with Gasteiger partial charge in [0.25, 0.3) is 0 Å². The lowest BCUT2D eigenvalue weighted by Crippen LogP contribution is -2.43. The highest BCUT2D eigenvalue weighted by Crippen LogP contribution is 2.12. The third-order valence-corrected chi connectivity index (χ3v) is 2.48. The van der Waals surface area contributed by atoms with E-state index >= 15 is 0 Å². The summed E-state index contributed by atoms with van der Waals surface area (Å²) in [7, 11) is 1.72. The van der Waals surface area contributed by atoms with Gasteiger partial charge >= 0.3 is 0 Å². The number of likely N-dealkylation sites (tertiary alicyclic amines) is 1. The fraction of sp³-hybridized carbons (Fsp3) is 1.00. The molecular formula is C9H19NO3. The molecule has 0 aromatic heterocycles. The summed E-state index contributed by atoms with van der Waals surface area (Å²) >= 11 is 0. The summed E-state index contributed by atoms with van der Waals surface area (Å²) in [5, 5.41) is 17.9. The molecule has 2 unspecified atom stereocenters. The zero-order valence-electron chi connectivity index (χ0n) is 8.15. The number of nitrogens with zero attached hydrogens (tertiary/aromatic N) is 1. The summed E-state index contributed by atoms with van der Waals surface area (Å²) in [5.74, 6) is 0. The highest BCUT2D eigenvalue weighted by Gasteiger charge is 2.20. The van der Waals surface area contributed by atoms with Gasteiger partial charge in [-0.3, -0.25) is 4.90 Å². The van der Waals surface area contributed by atoms with Gasteiger partial charge < -0.3 is 14.9 Å². The molecule has 4 heteroatoms. The fourth-order valence-corrected chi connectivity index (χ4v) is 1.73. The van der Waals surface area contributed by atoms with Crippen molar-refractivity contribution in [2.75, 3.05) is 33.4 Å². The van der Waals surface area contributed by atoms with Crippen molar-refractivity contribution in [1.82, 2.24) is 4.90 Å². The largest absolute Gasteiger partial charge is 0.394 e. The van der Waals surface area contributed by atoms with Crippen LogP contribution in [-0.4, -0.2) is 60.7 Å². The number of piperidine rings is 1. The van der Waals surface area contributed by atoms with Crippen molar-refractivity contribution in [3.63, 3.8) is 0 Å². The van der Waals surface area contributed by atoms with Gasteiger partial charge in [0.2, 0.25) is 0 Å². The van der Waals surface area contributed by atoms with E-state index < -0.39 is 6.10 Å². The smallest absolute Gasteiger partial charge is 0.0897 e. The Kier molecular flexibility index (Phi) is 4.66. The number of β-amino-alcohol motifs (C(OH)–C–C–N with tert-alkyl or cyclic N) is 1. The van der Waals surface area contributed by atoms with Crippen molar-refractivity contribution in [3.8, 4) is 0 Å². The number of hydrogen-bond acceptors (Lipinski definition) is 4. The van der Waals surface area contributed by atoms with E-state index in [0.29, 0.717) is 12.6 Å². The molecule has 4 nitrogen and oxygen atoms in total. The topological polar surface area (TPSA) is 52.9 Å². The van der Waals surface area contributed by atoms with Gasteiger partial charge in [0.15, 0.2) is 0 Å². The normalized spacial score (nSPS) is 27.5.